The van der Waals surface area contributed by atoms with Crippen LogP contribution >= 0.6 is 0 Å². The topological polar surface area (TPSA) is 79.8 Å². The first-order valence-electron chi connectivity index (χ1n) is 8.17. The van der Waals surface area contributed by atoms with Crippen LogP contribution in [0.25, 0.3) is 6.08 Å². The van der Waals surface area contributed by atoms with E-state index in [1.807, 2.05) is 18.2 Å². The highest BCUT2D eigenvalue weighted by Gasteiger charge is 2.04. The third kappa shape index (κ3) is 6.39. The predicted octanol–water partition coefficient (Wildman–Crippen LogP) is 2.50. The highest BCUT2D eigenvalue weighted by molar-refractivity contribution is 5.99. The molecular weight excluding hydrogens is 349 g/mol. The Labute approximate surface area is 156 Å². The Morgan fingerprint density at radius 3 is 2.56 bits per heavy atom. The van der Waals surface area contributed by atoms with Gasteiger partial charge in [-0.1, -0.05) is 30.3 Å². The van der Waals surface area contributed by atoms with Gasteiger partial charge in [0.05, 0.1) is 19.4 Å². The minimum absolute atomic E-state index is 0.227. The number of hydrogen-bond acceptors (Lipinski definition) is 4. The van der Waals surface area contributed by atoms with Crippen LogP contribution in [0.3, 0.4) is 0 Å². The Hall–Kier alpha value is -3.48. The zero-order valence-electron chi connectivity index (χ0n) is 15.0. The third-order valence-electron chi connectivity index (χ3n) is 3.59. The summed E-state index contributed by atoms with van der Waals surface area (Å²) >= 11 is 0. The van der Waals surface area contributed by atoms with Crippen LogP contribution in [0.4, 0.5) is 4.39 Å². The fourth-order valence-electron chi connectivity index (χ4n) is 2.14. The molecule has 0 aliphatic rings. The molecule has 2 rings (SSSR count). The van der Waals surface area contributed by atoms with E-state index in [2.05, 4.69) is 15.8 Å². The van der Waals surface area contributed by atoms with Gasteiger partial charge in [0, 0.05) is 11.6 Å². The van der Waals surface area contributed by atoms with Gasteiger partial charge < -0.3 is 10.1 Å². The zero-order chi connectivity index (χ0) is 19.6. The quantitative estimate of drug-likeness (QED) is 0.447. The molecule has 2 aromatic rings. The van der Waals surface area contributed by atoms with Crippen molar-refractivity contribution in [2.75, 3.05) is 13.7 Å². The maximum absolute atomic E-state index is 12.9. The first kappa shape index (κ1) is 19.8. The molecule has 0 saturated carbocycles. The molecule has 0 aliphatic carbocycles. The number of para-hydroxylation sites is 1. The van der Waals surface area contributed by atoms with Crippen LogP contribution in [0.15, 0.2) is 59.7 Å². The molecule has 6 nitrogen and oxygen atoms in total. The molecular formula is C20H20FN3O3. The van der Waals surface area contributed by atoms with Crippen molar-refractivity contribution in [3.63, 3.8) is 0 Å². The molecule has 0 fully saturated rings. The predicted molar refractivity (Wildman–Crippen MR) is 102 cm³/mol. The highest BCUT2D eigenvalue weighted by atomic mass is 19.1. The van der Waals surface area contributed by atoms with Crippen molar-refractivity contribution < 1.29 is 18.7 Å². The molecule has 2 amide bonds. The van der Waals surface area contributed by atoms with Crippen molar-refractivity contribution in [1.29, 1.82) is 0 Å². The maximum atomic E-state index is 12.9. The van der Waals surface area contributed by atoms with Crippen molar-refractivity contribution >= 4 is 23.6 Å². The second-order valence-corrected chi connectivity index (χ2v) is 5.53. The Bertz CT molecular complexity index is 861. The SMILES string of the molecule is COc1ccccc1/C=C/C(=O)NCC(=O)N/N=C(\C)c1ccc(F)cc1. The zero-order valence-corrected chi connectivity index (χ0v) is 15.0. The summed E-state index contributed by atoms with van der Waals surface area (Å²) in [6, 6.07) is 13.0. The first-order chi connectivity index (χ1) is 13.0. The lowest BCUT2D eigenvalue weighted by molar-refractivity contribution is -0.123. The molecule has 7 heteroatoms. The van der Waals surface area contributed by atoms with Gasteiger partial charge in [0.25, 0.3) is 5.91 Å². The van der Waals surface area contributed by atoms with Crippen LogP contribution < -0.4 is 15.5 Å². The second-order valence-electron chi connectivity index (χ2n) is 5.53. The summed E-state index contributed by atoms with van der Waals surface area (Å²) in [5.74, 6) is -0.602. The molecule has 2 aromatic carbocycles. The Morgan fingerprint density at radius 2 is 1.85 bits per heavy atom. The van der Waals surface area contributed by atoms with E-state index in [1.165, 1.54) is 18.2 Å². The van der Waals surface area contributed by atoms with Gasteiger partial charge in [-0.15, -0.1) is 0 Å². The molecule has 0 aliphatic heterocycles. The van der Waals surface area contributed by atoms with E-state index >= 15 is 0 Å². The van der Waals surface area contributed by atoms with E-state index in [0.717, 1.165) is 5.56 Å². The van der Waals surface area contributed by atoms with Gasteiger partial charge in [0.1, 0.15) is 11.6 Å². The average Bonchev–Trinajstić information content (AvgIpc) is 2.69. The normalized spacial score (nSPS) is 11.3. The van der Waals surface area contributed by atoms with E-state index in [-0.39, 0.29) is 12.4 Å². The second kappa shape index (κ2) is 9.86. The van der Waals surface area contributed by atoms with Gasteiger partial charge in [-0.2, -0.15) is 5.10 Å². The maximum Gasteiger partial charge on any atom is 0.259 e. The number of rotatable bonds is 7. The number of halogens is 1. The smallest absolute Gasteiger partial charge is 0.259 e. The van der Waals surface area contributed by atoms with Crippen LogP contribution in [0, 0.1) is 5.82 Å². The lowest BCUT2D eigenvalue weighted by Gasteiger charge is -2.05. The molecule has 2 N–H and O–H groups in total. The minimum atomic E-state index is -0.476. The first-order valence-corrected chi connectivity index (χ1v) is 8.17. The van der Waals surface area contributed by atoms with Crippen molar-refractivity contribution in [2.24, 2.45) is 5.10 Å². The number of methoxy groups -OCH3 is 1. The minimum Gasteiger partial charge on any atom is -0.496 e. The molecule has 140 valence electrons. The number of carbonyl (C=O) groups excluding carboxylic acids is 2. The van der Waals surface area contributed by atoms with Crippen LogP contribution in [0.2, 0.25) is 0 Å². The van der Waals surface area contributed by atoms with Crippen molar-refractivity contribution in [2.45, 2.75) is 6.92 Å². The van der Waals surface area contributed by atoms with Gasteiger partial charge in [-0.25, -0.2) is 9.82 Å². The molecule has 0 radical (unpaired) electrons. The number of ether oxygens (including phenoxy) is 1. The number of amides is 2. The molecule has 0 atom stereocenters. The van der Waals surface area contributed by atoms with Gasteiger partial charge in [0.2, 0.25) is 5.91 Å². The number of hydrogen-bond donors (Lipinski definition) is 2. The van der Waals surface area contributed by atoms with E-state index in [9.17, 15) is 14.0 Å². The molecule has 0 saturated heterocycles. The summed E-state index contributed by atoms with van der Waals surface area (Å²) in [4.78, 5) is 23.6. The fourth-order valence-corrected chi connectivity index (χ4v) is 2.14. The van der Waals surface area contributed by atoms with Crippen LogP contribution in [0.1, 0.15) is 18.1 Å². The Morgan fingerprint density at radius 1 is 1.15 bits per heavy atom. The van der Waals surface area contributed by atoms with Crippen molar-refractivity contribution in [3.05, 3.63) is 71.6 Å². The largest absolute Gasteiger partial charge is 0.496 e. The lowest BCUT2D eigenvalue weighted by Crippen LogP contribution is -2.34. The summed E-state index contributed by atoms with van der Waals surface area (Å²) in [5, 5.41) is 6.39. The summed E-state index contributed by atoms with van der Waals surface area (Å²) < 4.78 is 18.1. The van der Waals surface area contributed by atoms with Crippen molar-refractivity contribution in [1.82, 2.24) is 10.7 Å². The number of nitrogens with one attached hydrogen (secondary N) is 2. The number of hydrazone groups is 1. The summed E-state index contributed by atoms with van der Waals surface area (Å²) in [6.45, 7) is 1.46. The molecule has 27 heavy (non-hydrogen) atoms. The van der Waals surface area contributed by atoms with E-state index in [4.69, 9.17) is 4.74 Å². The molecule has 0 spiro atoms. The average molecular weight is 369 g/mol. The van der Waals surface area contributed by atoms with Gasteiger partial charge >= 0.3 is 0 Å². The molecule has 0 heterocycles. The van der Waals surface area contributed by atoms with Crippen molar-refractivity contribution in [3.8, 4) is 5.75 Å². The number of benzene rings is 2. The summed E-state index contributed by atoms with van der Waals surface area (Å²) in [5.41, 5.74) is 4.29. The van der Waals surface area contributed by atoms with Gasteiger partial charge in [-0.05, 0) is 36.8 Å². The Kier molecular flexibility index (Phi) is 7.25. The van der Waals surface area contributed by atoms with E-state index in [0.29, 0.717) is 17.0 Å². The molecule has 0 unspecified atom stereocenters. The Balaban J connectivity index is 1.82. The van der Waals surface area contributed by atoms with Crippen LogP contribution in [-0.4, -0.2) is 31.2 Å². The van der Waals surface area contributed by atoms with Gasteiger partial charge in [-0.3, -0.25) is 9.59 Å². The van der Waals surface area contributed by atoms with Crippen LogP contribution in [-0.2, 0) is 9.59 Å². The van der Waals surface area contributed by atoms with Gasteiger partial charge in [0.15, 0.2) is 0 Å². The third-order valence-corrected chi connectivity index (χ3v) is 3.59. The number of nitrogens with zero attached hydrogens (tertiary/aromatic N) is 1. The monoisotopic (exact) mass is 369 g/mol. The molecule has 0 bridgehead atoms. The number of carbonyl (C=O) groups is 2. The molecule has 0 aromatic heterocycles. The lowest BCUT2D eigenvalue weighted by atomic mass is 10.1. The summed E-state index contributed by atoms with van der Waals surface area (Å²) in [6.07, 6.45) is 2.92. The standard InChI is InChI=1S/C20H20FN3O3/c1-14(15-7-10-17(21)11-8-15)23-24-20(26)13-22-19(25)12-9-16-5-3-4-6-18(16)27-2/h3-12H,13H2,1-2H3,(H,22,25)(H,24,26)/b12-9+,23-14+. The van der Waals surface area contributed by atoms with E-state index in [1.54, 1.807) is 38.3 Å². The van der Waals surface area contributed by atoms with Crippen LogP contribution in [0.5, 0.6) is 5.75 Å². The summed E-state index contributed by atoms with van der Waals surface area (Å²) in [7, 11) is 1.55. The highest BCUT2D eigenvalue weighted by Crippen LogP contribution is 2.18. The fraction of sp³-hybridized carbons (Fsp3) is 0.150. The van der Waals surface area contributed by atoms with E-state index < -0.39 is 11.8 Å².